The molecule has 1 atom stereocenters. The van der Waals surface area contributed by atoms with Crippen LogP contribution in [-0.4, -0.2) is 16.1 Å². The van der Waals surface area contributed by atoms with Gasteiger partial charge in [-0.2, -0.15) is 5.10 Å². The van der Waals surface area contributed by atoms with Gasteiger partial charge in [0.1, 0.15) is 11.5 Å². The highest BCUT2D eigenvalue weighted by Gasteiger charge is 2.44. The van der Waals surface area contributed by atoms with E-state index in [-0.39, 0.29) is 11.7 Å². The number of benzene rings is 3. The van der Waals surface area contributed by atoms with Crippen LogP contribution in [0.1, 0.15) is 33.2 Å². The highest BCUT2D eigenvalue weighted by Crippen LogP contribution is 2.45. The van der Waals surface area contributed by atoms with Gasteiger partial charge in [0.15, 0.2) is 0 Å². The van der Waals surface area contributed by atoms with Crippen LogP contribution in [0.2, 0.25) is 5.02 Å². The molecule has 0 spiro atoms. The van der Waals surface area contributed by atoms with Gasteiger partial charge >= 0.3 is 0 Å². The Balaban J connectivity index is 1.74. The third kappa shape index (κ3) is 2.90. The molecule has 4 nitrogen and oxygen atoms in total. The van der Waals surface area contributed by atoms with Crippen LogP contribution in [0.25, 0.3) is 11.3 Å². The SMILES string of the molecule is Cc1ccc(N2C(=O)c3[nH]nc(-c4ccc(Cl)cc4)c3[C@H]2c2ccccc2F)cc1. The second-order valence-corrected chi connectivity index (χ2v) is 7.74. The Morgan fingerprint density at radius 2 is 1.70 bits per heavy atom. The Morgan fingerprint density at radius 1 is 1.00 bits per heavy atom. The van der Waals surface area contributed by atoms with E-state index in [0.717, 1.165) is 11.1 Å². The number of halogens is 2. The summed E-state index contributed by atoms with van der Waals surface area (Å²) in [7, 11) is 0. The minimum atomic E-state index is -0.638. The standard InChI is InChI=1S/C24H17ClFN3O/c1-14-6-12-17(13-7-14)29-23(18-4-2-3-5-19(18)26)20-21(27-28-22(20)24(29)30)15-8-10-16(25)11-9-15/h2-13,23H,1H3,(H,27,28)/t23-/m1/s1. The number of nitrogens with one attached hydrogen (secondary N) is 1. The lowest BCUT2D eigenvalue weighted by atomic mass is 9.95. The molecule has 0 saturated carbocycles. The molecule has 3 aromatic carbocycles. The van der Waals surface area contributed by atoms with Crippen molar-refractivity contribution in [2.24, 2.45) is 0 Å². The molecule has 0 fully saturated rings. The molecule has 0 saturated heterocycles. The molecule has 1 aliphatic rings. The van der Waals surface area contributed by atoms with Gasteiger partial charge in [0.05, 0.1) is 11.7 Å². The summed E-state index contributed by atoms with van der Waals surface area (Å²) in [5, 5.41) is 7.89. The summed E-state index contributed by atoms with van der Waals surface area (Å²) < 4.78 is 14.9. The van der Waals surface area contributed by atoms with Gasteiger partial charge in [0.25, 0.3) is 5.91 Å². The fraction of sp³-hybridized carbons (Fsp3) is 0.0833. The number of carbonyl (C=O) groups excluding carboxylic acids is 1. The van der Waals surface area contributed by atoms with Crippen molar-refractivity contribution in [3.8, 4) is 11.3 Å². The first-order chi connectivity index (χ1) is 14.5. The van der Waals surface area contributed by atoms with E-state index in [1.54, 1.807) is 35.2 Å². The minimum Gasteiger partial charge on any atom is -0.295 e. The molecule has 1 aromatic heterocycles. The Hall–Kier alpha value is -3.44. The average molecular weight is 418 g/mol. The highest BCUT2D eigenvalue weighted by atomic mass is 35.5. The Bertz CT molecular complexity index is 1250. The molecule has 1 aliphatic heterocycles. The van der Waals surface area contributed by atoms with Gasteiger partial charge in [-0.25, -0.2) is 4.39 Å². The first kappa shape index (κ1) is 18.6. The number of hydrogen-bond acceptors (Lipinski definition) is 2. The monoisotopic (exact) mass is 417 g/mol. The fourth-order valence-electron chi connectivity index (χ4n) is 3.94. The largest absolute Gasteiger partial charge is 0.295 e. The summed E-state index contributed by atoms with van der Waals surface area (Å²) in [4.78, 5) is 15.0. The molecule has 0 radical (unpaired) electrons. The van der Waals surface area contributed by atoms with E-state index >= 15 is 0 Å². The summed E-state index contributed by atoms with van der Waals surface area (Å²) in [6.07, 6.45) is 0. The van der Waals surface area contributed by atoms with Crippen molar-refractivity contribution in [2.45, 2.75) is 13.0 Å². The summed E-state index contributed by atoms with van der Waals surface area (Å²) in [6, 6.07) is 20.7. The number of hydrogen-bond donors (Lipinski definition) is 1. The predicted molar refractivity (Wildman–Crippen MR) is 115 cm³/mol. The van der Waals surface area contributed by atoms with Crippen molar-refractivity contribution in [1.29, 1.82) is 0 Å². The lowest BCUT2D eigenvalue weighted by molar-refractivity contribution is 0.0988. The third-order valence-corrected chi connectivity index (χ3v) is 5.65. The van der Waals surface area contributed by atoms with Gasteiger partial charge in [0.2, 0.25) is 0 Å². The molecule has 2 heterocycles. The van der Waals surface area contributed by atoms with Gasteiger partial charge in [0, 0.05) is 27.4 Å². The predicted octanol–water partition coefficient (Wildman–Crippen LogP) is 5.93. The second kappa shape index (κ2) is 7.11. The minimum absolute atomic E-state index is 0.241. The maximum atomic E-state index is 14.9. The number of rotatable bonds is 3. The number of fused-ring (bicyclic) bond motifs is 1. The van der Waals surface area contributed by atoms with Crippen LogP contribution in [0.3, 0.4) is 0 Å². The number of H-pyrrole nitrogens is 1. The third-order valence-electron chi connectivity index (χ3n) is 5.40. The number of aromatic amines is 1. The van der Waals surface area contributed by atoms with Crippen molar-refractivity contribution >= 4 is 23.2 Å². The van der Waals surface area contributed by atoms with E-state index in [4.69, 9.17) is 11.6 Å². The molecule has 0 aliphatic carbocycles. The highest BCUT2D eigenvalue weighted by molar-refractivity contribution is 6.30. The molecule has 1 N–H and O–H groups in total. The summed E-state index contributed by atoms with van der Waals surface area (Å²) in [5.41, 5.74) is 4.64. The van der Waals surface area contributed by atoms with Crippen LogP contribution in [-0.2, 0) is 0 Å². The number of carbonyl (C=O) groups is 1. The molecule has 30 heavy (non-hydrogen) atoms. The smallest absolute Gasteiger partial charge is 0.277 e. The lowest BCUT2D eigenvalue weighted by Crippen LogP contribution is -2.29. The lowest BCUT2D eigenvalue weighted by Gasteiger charge is -2.27. The van der Waals surface area contributed by atoms with Crippen LogP contribution in [0.15, 0.2) is 72.8 Å². The Labute approximate surface area is 177 Å². The zero-order valence-corrected chi connectivity index (χ0v) is 16.8. The van der Waals surface area contributed by atoms with Gasteiger partial charge in [-0.05, 0) is 37.3 Å². The molecule has 5 rings (SSSR count). The van der Waals surface area contributed by atoms with Crippen LogP contribution < -0.4 is 4.90 Å². The van der Waals surface area contributed by atoms with Crippen molar-refractivity contribution in [3.63, 3.8) is 0 Å². The molecule has 0 bridgehead atoms. The molecule has 0 unspecified atom stereocenters. The number of nitrogens with zero attached hydrogens (tertiary/aromatic N) is 2. The number of amides is 1. The molecular weight excluding hydrogens is 401 g/mol. The molecule has 1 amide bonds. The summed E-state index contributed by atoms with van der Waals surface area (Å²) >= 11 is 6.03. The van der Waals surface area contributed by atoms with Crippen molar-refractivity contribution < 1.29 is 9.18 Å². The maximum absolute atomic E-state index is 14.9. The molecule has 4 aromatic rings. The quantitative estimate of drug-likeness (QED) is 0.449. The number of aromatic nitrogens is 2. The van der Waals surface area contributed by atoms with Crippen LogP contribution >= 0.6 is 11.6 Å². The van der Waals surface area contributed by atoms with Gasteiger partial charge in [-0.15, -0.1) is 0 Å². The van der Waals surface area contributed by atoms with E-state index in [1.165, 1.54) is 6.07 Å². The van der Waals surface area contributed by atoms with Crippen molar-refractivity contribution in [2.75, 3.05) is 4.90 Å². The van der Waals surface area contributed by atoms with E-state index in [2.05, 4.69) is 10.2 Å². The van der Waals surface area contributed by atoms with Crippen molar-refractivity contribution in [3.05, 3.63) is 106 Å². The summed E-state index contributed by atoms with van der Waals surface area (Å²) in [6.45, 7) is 1.98. The summed E-state index contributed by atoms with van der Waals surface area (Å²) in [5.74, 6) is -0.613. The topological polar surface area (TPSA) is 49.0 Å². The van der Waals surface area contributed by atoms with Crippen LogP contribution in [0, 0.1) is 12.7 Å². The molecule has 148 valence electrons. The fourth-order valence-corrected chi connectivity index (χ4v) is 4.06. The zero-order chi connectivity index (χ0) is 20.8. The maximum Gasteiger partial charge on any atom is 0.277 e. The van der Waals surface area contributed by atoms with E-state index in [1.807, 2.05) is 43.3 Å². The van der Waals surface area contributed by atoms with Crippen molar-refractivity contribution in [1.82, 2.24) is 10.2 Å². The normalized spacial score (nSPS) is 15.5. The molecular formula is C24H17ClFN3O. The van der Waals surface area contributed by atoms with Gasteiger partial charge in [-0.3, -0.25) is 14.8 Å². The Morgan fingerprint density at radius 3 is 2.40 bits per heavy atom. The molecule has 6 heteroatoms. The van der Waals surface area contributed by atoms with E-state index < -0.39 is 6.04 Å². The van der Waals surface area contributed by atoms with Gasteiger partial charge in [-0.1, -0.05) is 59.6 Å². The van der Waals surface area contributed by atoms with E-state index in [9.17, 15) is 9.18 Å². The zero-order valence-electron chi connectivity index (χ0n) is 16.1. The second-order valence-electron chi connectivity index (χ2n) is 7.30. The number of aryl methyl sites for hydroxylation is 1. The van der Waals surface area contributed by atoms with Crippen LogP contribution in [0.5, 0.6) is 0 Å². The first-order valence-electron chi connectivity index (χ1n) is 9.53. The van der Waals surface area contributed by atoms with Crippen LogP contribution in [0.4, 0.5) is 10.1 Å². The Kier molecular flexibility index (Phi) is 4.40. The average Bonchev–Trinajstić information content (AvgIpc) is 3.29. The number of anilines is 1. The van der Waals surface area contributed by atoms with Gasteiger partial charge < -0.3 is 0 Å². The van der Waals surface area contributed by atoms with E-state index in [0.29, 0.717) is 33.2 Å². The first-order valence-corrected chi connectivity index (χ1v) is 9.91.